The van der Waals surface area contributed by atoms with Crippen LogP contribution in [0, 0.1) is 5.82 Å². The molecule has 0 radical (unpaired) electrons. The van der Waals surface area contributed by atoms with Gasteiger partial charge in [0.1, 0.15) is 23.2 Å². The fourth-order valence-corrected chi connectivity index (χ4v) is 4.47. The first-order valence-electron chi connectivity index (χ1n) is 12.2. The molecular formula is C28H25F4N5O2. The van der Waals surface area contributed by atoms with Gasteiger partial charge in [-0.1, -0.05) is 36.4 Å². The Labute approximate surface area is 221 Å². The van der Waals surface area contributed by atoms with E-state index in [0.29, 0.717) is 42.1 Å². The quantitative estimate of drug-likeness (QED) is 0.177. The zero-order valence-corrected chi connectivity index (χ0v) is 21.2. The minimum atomic E-state index is -4.71. The molecule has 11 heteroatoms. The number of hydrogen-bond acceptors (Lipinski definition) is 6. The van der Waals surface area contributed by atoms with Gasteiger partial charge in [-0.15, -0.1) is 10.2 Å². The number of nitrogens with one attached hydrogen (secondary N) is 1. The summed E-state index contributed by atoms with van der Waals surface area (Å²) in [5.41, 5.74) is 0.466. The first-order valence-corrected chi connectivity index (χ1v) is 12.2. The van der Waals surface area contributed by atoms with Gasteiger partial charge in [-0.25, -0.2) is 9.37 Å². The van der Waals surface area contributed by atoms with Gasteiger partial charge in [-0.05, 0) is 47.9 Å². The highest BCUT2D eigenvalue weighted by atomic mass is 19.4. The molecule has 0 aliphatic heterocycles. The SMILES string of the molecule is COCCCNCc1cc(C(F)(F)F)c2oc(-c3c(F)ccc(-c4ccccc4)c3-c3nncn3C)nc2c1. The number of aromatic nitrogens is 4. The first-order chi connectivity index (χ1) is 18.8. The van der Waals surface area contributed by atoms with E-state index in [-0.39, 0.29) is 23.5 Å². The predicted molar refractivity (Wildman–Crippen MR) is 138 cm³/mol. The molecule has 0 spiro atoms. The van der Waals surface area contributed by atoms with Crippen molar-refractivity contribution in [2.45, 2.75) is 19.1 Å². The number of alkyl halides is 3. The van der Waals surface area contributed by atoms with Crippen LogP contribution >= 0.6 is 0 Å². The average molecular weight is 540 g/mol. The molecule has 1 N–H and O–H groups in total. The molecule has 0 atom stereocenters. The van der Waals surface area contributed by atoms with Crippen LogP contribution in [0.2, 0.25) is 0 Å². The Morgan fingerprint density at radius 1 is 1.05 bits per heavy atom. The Kier molecular flexibility index (Phi) is 7.45. The minimum Gasteiger partial charge on any atom is -0.435 e. The lowest BCUT2D eigenvalue weighted by molar-refractivity contribution is -0.136. The number of ether oxygens (including phenoxy) is 1. The molecule has 5 rings (SSSR count). The van der Waals surface area contributed by atoms with E-state index in [9.17, 15) is 13.2 Å². The molecule has 39 heavy (non-hydrogen) atoms. The van der Waals surface area contributed by atoms with Crippen LogP contribution < -0.4 is 5.32 Å². The van der Waals surface area contributed by atoms with E-state index in [1.807, 2.05) is 30.3 Å². The van der Waals surface area contributed by atoms with Crippen molar-refractivity contribution in [1.82, 2.24) is 25.1 Å². The standard InChI is InChI=1S/C28H25F4N5O2/c1-37-16-34-36-26(37)23-19(18-7-4-3-5-8-18)9-10-21(29)24(23)27-35-22-14-17(15-33-11-6-12-38-2)13-20(25(22)39-27)28(30,31)32/h3-5,7-10,13-14,16,33H,6,11-12,15H2,1-2H3. The first kappa shape index (κ1) is 26.5. The Bertz CT molecular complexity index is 1600. The molecule has 0 amide bonds. The Morgan fingerprint density at radius 3 is 2.54 bits per heavy atom. The van der Waals surface area contributed by atoms with Gasteiger partial charge < -0.3 is 19.0 Å². The van der Waals surface area contributed by atoms with Gasteiger partial charge >= 0.3 is 6.18 Å². The molecule has 2 aromatic heterocycles. The van der Waals surface area contributed by atoms with E-state index >= 15 is 4.39 Å². The Balaban J connectivity index is 1.69. The topological polar surface area (TPSA) is 78.0 Å². The van der Waals surface area contributed by atoms with Crippen molar-refractivity contribution in [2.75, 3.05) is 20.3 Å². The van der Waals surface area contributed by atoms with E-state index < -0.39 is 23.1 Å². The lowest BCUT2D eigenvalue weighted by atomic mass is 9.94. The van der Waals surface area contributed by atoms with E-state index in [2.05, 4.69) is 20.5 Å². The van der Waals surface area contributed by atoms with Gasteiger partial charge in [0.25, 0.3) is 0 Å². The third-order valence-electron chi connectivity index (χ3n) is 6.27. The second kappa shape index (κ2) is 11.0. The largest absolute Gasteiger partial charge is 0.435 e. The fraction of sp³-hybridized carbons (Fsp3) is 0.250. The molecule has 0 aliphatic carbocycles. The van der Waals surface area contributed by atoms with Crippen molar-refractivity contribution >= 4 is 11.1 Å². The molecule has 0 saturated carbocycles. The van der Waals surface area contributed by atoms with Crippen molar-refractivity contribution in [3.8, 4) is 34.0 Å². The lowest BCUT2D eigenvalue weighted by Crippen LogP contribution is -2.17. The number of aryl methyl sites for hydroxylation is 1. The Hall–Kier alpha value is -4.09. The van der Waals surface area contributed by atoms with Crippen molar-refractivity contribution < 1.29 is 26.7 Å². The zero-order chi connectivity index (χ0) is 27.6. The fourth-order valence-electron chi connectivity index (χ4n) is 4.47. The van der Waals surface area contributed by atoms with Crippen molar-refractivity contribution in [1.29, 1.82) is 0 Å². The summed E-state index contributed by atoms with van der Waals surface area (Å²) in [6.45, 7) is 1.29. The van der Waals surface area contributed by atoms with E-state index in [0.717, 1.165) is 11.6 Å². The van der Waals surface area contributed by atoms with Crippen molar-refractivity contribution in [2.24, 2.45) is 7.05 Å². The summed E-state index contributed by atoms with van der Waals surface area (Å²) in [4.78, 5) is 4.36. The van der Waals surface area contributed by atoms with Crippen LogP contribution in [0.1, 0.15) is 17.5 Å². The maximum atomic E-state index is 15.6. The monoisotopic (exact) mass is 539 g/mol. The molecule has 5 aromatic rings. The third-order valence-corrected chi connectivity index (χ3v) is 6.27. The number of oxazole rings is 1. The van der Waals surface area contributed by atoms with E-state index in [1.165, 1.54) is 18.5 Å². The van der Waals surface area contributed by atoms with E-state index in [1.54, 1.807) is 24.8 Å². The van der Waals surface area contributed by atoms with Crippen LogP contribution in [0.15, 0.2) is 65.3 Å². The van der Waals surface area contributed by atoms with Crippen molar-refractivity contribution in [3.63, 3.8) is 0 Å². The molecular weight excluding hydrogens is 514 g/mol. The zero-order valence-electron chi connectivity index (χ0n) is 21.2. The molecule has 0 bridgehead atoms. The summed E-state index contributed by atoms with van der Waals surface area (Å²) in [7, 11) is 3.28. The predicted octanol–water partition coefficient (Wildman–Crippen LogP) is 6.24. The van der Waals surface area contributed by atoms with Crippen LogP contribution in [0.4, 0.5) is 17.6 Å². The number of nitrogens with zero attached hydrogens (tertiary/aromatic N) is 4. The molecule has 0 saturated heterocycles. The Morgan fingerprint density at radius 2 is 1.85 bits per heavy atom. The summed E-state index contributed by atoms with van der Waals surface area (Å²) in [6.07, 6.45) is -2.54. The maximum Gasteiger partial charge on any atom is 0.420 e. The molecule has 3 aromatic carbocycles. The van der Waals surface area contributed by atoms with Gasteiger partial charge in [-0.2, -0.15) is 13.2 Å². The normalized spacial score (nSPS) is 11.9. The van der Waals surface area contributed by atoms with E-state index in [4.69, 9.17) is 9.15 Å². The van der Waals surface area contributed by atoms with Gasteiger partial charge in [0.2, 0.25) is 5.89 Å². The summed E-state index contributed by atoms with van der Waals surface area (Å²) in [5, 5.41) is 11.2. The molecule has 0 aliphatic rings. The second-order valence-corrected chi connectivity index (χ2v) is 9.01. The third kappa shape index (κ3) is 5.41. The molecule has 0 unspecified atom stereocenters. The molecule has 2 heterocycles. The molecule has 0 fully saturated rings. The van der Waals surface area contributed by atoms with Crippen molar-refractivity contribution in [3.05, 3.63) is 77.9 Å². The summed E-state index contributed by atoms with van der Waals surface area (Å²) in [6, 6.07) is 14.6. The average Bonchev–Trinajstić information content (AvgIpc) is 3.53. The van der Waals surface area contributed by atoms with Crippen LogP contribution in [0.3, 0.4) is 0 Å². The van der Waals surface area contributed by atoms with Crippen LogP contribution in [-0.4, -0.2) is 40.0 Å². The van der Waals surface area contributed by atoms with Gasteiger partial charge in [0.15, 0.2) is 11.4 Å². The highest BCUT2D eigenvalue weighted by Gasteiger charge is 2.36. The number of rotatable bonds is 9. The van der Waals surface area contributed by atoms with Crippen LogP contribution in [0.25, 0.3) is 45.1 Å². The number of methoxy groups -OCH3 is 1. The number of halogens is 4. The maximum absolute atomic E-state index is 15.6. The second-order valence-electron chi connectivity index (χ2n) is 9.01. The lowest BCUT2D eigenvalue weighted by Gasteiger charge is -2.14. The smallest absolute Gasteiger partial charge is 0.420 e. The van der Waals surface area contributed by atoms with Crippen LogP contribution in [0.5, 0.6) is 0 Å². The number of hydrogen-bond donors (Lipinski definition) is 1. The minimum absolute atomic E-state index is 0.0260. The van der Waals surface area contributed by atoms with Gasteiger partial charge in [0.05, 0.1) is 5.56 Å². The summed E-state index contributed by atoms with van der Waals surface area (Å²) in [5.74, 6) is -0.690. The highest BCUT2D eigenvalue weighted by molar-refractivity contribution is 5.92. The highest BCUT2D eigenvalue weighted by Crippen LogP contribution is 2.43. The van der Waals surface area contributed by atoms with Gasteiger partial charge in [-0.3, -0.25) is 0 Å². The number of fused-ring (bicyclic) bond motifs is 1. The number of benzene rings is 3. The van der Waals surface area contributed by atoms with Crippen LogP contribution in [-0.2, 0) is 24.5 Å². The molecule has 7 nitrogen and oxygen atoms in total. The summed E-state index contributed by atoms with van der Waals surface area (Å²) < 4.78 is 70.2. The summed E-state index contributed by atoms with van der Waals surface area (Å²) >= 11 is 0. The van der Waals surface area contributed by atoms with Gasteiger partial charge in [0, 0.05) is 32.9 Å². The molecule has 202 valence electrons.